The van der Waals surface area contributed by atoms with Crippen molar-refractivity contribution in [3.8, 4) is 16.5 Å². The predicted octanol–water partition coefficient (Wildman–Crippen LogP) is 2.98. The Morgan fingerprint density at radius 1 is 1.15 bits per heavy atom. The molecule has 0 spiro atoms. The predicted molar refractivity (Wildman–Crippen MR) is 126 cm³/mol. The van der Waals surface area contributed by atoms with Gasteiger partial charge in [-0.1, -0.05) is 24.3 Å². The molecule has 0 radical (unpaired) electrons. The Bertz CT molecular complexity index is 1380. The zero-order chi connectivity index (χ0) is 22.9. The second-order valence-electron chi connectivity index (χ2n) is 7.74. The molecule has 4 aromatic rings. The molecule has 166 valence electrons. The molecule has 3 aromatic heterocycles. The van der Waals surface area contributed by atoms with E-state index in [1.807, 2.05) is 47.8 Å². The standard InChI is InChI=1S/C23H20N6O3S/c1-14-10-20(30)26-23(24-14)29-19(12-17(27-29)18-8-5-9-33-18)25-22(32)15-11-21(31)28(13-15)16-6-3-2-4-7-16/h2-10,12,15H,11,13H2,1H3,(H,25,32)(H,24,26,30). The summed E-state index contributed by atoms with van der Waals surface area (Å²) in [6.07, 6.45) is 0.117. The van der Waals surface area contributed by atoms with Crippen LogP contribution in [-0.4, -0.2) is 38.1 Å². The number of aromatic amines is 1. The maximum absolute atomic E-state index is 13.1. The quantitative estimate of drug-likeness (QED) is 0.475. The number of nitrogens with zero attached hydrogens (tertiary/aromatic N) is 4. The molecule has 0 saturated carbocycles. The Kier molecular flexibility index (Phi) is 5.35. The minimum Gasteiger partial charge on any atom is -0.312 e. The highest BCUT2D eigenvalue weighted by Gasteiger charge is 2.35. The lowest BCUT2D eigenvalue weighted by Gasteiger charge is -2.16. The fraction of sp³-hybridized carbons (Fsp3) is 0.174. The van der Waals surface area contributed by atoms with Crippen LogP contribution in [0.2, 0.25) is 0 Å². The lowest BCUT2D eigenvalue weighted by molar-refractivity contribution is -0.122. The Labute approximate surface area is 192 Å². The highest BCUT2D eigenvalue weighted by Crippen LogP contribution is 2.29. The number of aromatic nitrogens is 4. The number of carbonyl (C=O) groups excluding carboxylic acids is 2. The fourth-order valence-corrected chi connectivity index (χ4v) is 4.49. The van der Waals surface area contributed by atoms with Crippen LogP contribution in [0.5, 0.6) is 0 Å². The highest BCUT2D eigenvalue weighted by atomic mass is 32.1. The van der Waals surface area contributed by atoms with Gasteiger partial charge in [0.25, 0.3) is 5.56 Å². The fourth-order valence-electron chi connectivity index (χ4n) is 3.81. The molecule has 2 N–H and O–H groups in total. The number of H-pyrrole nitrogens is 1. The van der Waals surface area contributed by atoms with E-state index < -0.39 is 5.92 Å². The zero-order valence-electron chi connectivity index (χ0n) is 17.7. The van der Waals surface area contributed by atoms with E-state index in [2.05, 4.69) is 20.4 Å². The SMILES string of the molecule is Cc1cc(=O)[nH]c(-n2nc(-c3cccs3)cc2NC(=O)C2CC(=O)N(c3ccccc3)C2)n1. The number of amides is 2. The number of para-hydroxylation sites is 1. The van der Waals surface area contributed by atoms with Gasteiger partial charge in [-0.05, 0) is 30.5 Å². The second kappa shape index (κ2) is 8.47. The zero-order valence-corrected chi connectivity index (χ0v) is 18.5. The number of anilines is 2. The second-order valence-corrected chi connectivity index (χ2v) is 8.69. The van der Waals surface area contributed by atoms with Gasteiger partial charge in [0.2, 0.25) is 17.8 Å². The normalized spacial score (nSPS) is 15.7. The van der Waals surface area contributed by atoms with Crippen LogP contribution in [0.3, 0.4) is 0 Å². The van der Waals surface area contributed by atoms with E-state index in [1.54, 1.807) is 17.9 Å². The molecule has 0 aliphatic carbocycles. The summed E-state index contributed by atoms with van der Waals surface area (Å²) in [4.78, 5) is 47.2. The van der Waals surface area contributed by atoms with Gasteiger partial charge in [0.05, 0.1) is 10.8 Å². The van der Waals surface area contributed by atoms with Crippen LogP contribution in [0.4, 0.5) is 11.5 Å². The summed E-state index contributed by atoms with van der Waals surface area (Å²) in [5.41, 5.74) is 1.61. The first kappa shape index (κ1) is 20.8. The van der Waals surface area contributed by atoms with Crippen molar-refractivity contribution in [3.05, 3.63) is 76.0 Å². The molecule has 4 heterocycles. The number of thiophene rings is 1. The largest absolute Gasteiger partial charge is 0.312 e. The number of nitrogens with one attached hydrogen (secondary N) is 2. The van der Waals surface area contributed by atoms with Gasteiger partial charge in [0.15, 0.2) is 0 Å². The number of hydrogen-bond donors (Lipinski definition) is 2. The number of carbonyl (C=O) groups is 2. The molecule has 33 heavy (non-hydrogen) atoms. The molecule has 5 rings (SSSR count). The van der Waals surface area contributed by atoms with Crippen molar-refractivity contribution in [1.82, 2.24) is 19.7 Å². The van der Waals surface area contributed by atoms with Gasteiger partial charge in [-0.2, -0.15) is 9.78 Å². The molecular formula is C23H20N6O3S. The smallest absolute Gasteiger partial charge is 0.252 e. The minimum absolute atomic E-state index is 0.0983. The lowest BCUT2D eigenvalue weighted by Crippen LogP contribution is -2.28. The Balaban J connectivity index is 1.44. The van der Waals surface area contributed by atoms with Crippen molar-refractivity contribution in [2.24, 2.45) is 5.92 Å². The van der Waals surface area contributed by atoms with E-state index in [4.69, 9.17) is 0 Å². The minimum atomic E-state index is -0.518. The van der Waals surface area contributed by atoms with Gasteiger partial charge in [-0.3, -0.25) is 19.4 Å². The Morgan fingerprint density at radius 2 is 1.97 bits per heavy atom. The first-order chi connectivity index (χ1) is 16.0. The number of benzene rings is 1. The Morgan fingerprint density at radius 3 is 2.70 bits per heavy atom. The summed E-state index contributed by atoms with van der Waals surface area (Å²) in [5.74, 6) is -0.348. The molecule has 1 fully saturated rings. The van der Waals surface area contributed by atoms with E-state index in [9.17, 15) is 14.4 Å². The third-order valence-electron chi connectivity index (χ3n) is 5.36. The van der Waals surface area contributed by atoms with Crippen molar-refractivity contribution in [3.63, 3.8) is 0 Å². The van der Waals surface area contributed by atoms with E-state index in [-0.39, 0.29) is 29.7 Å². The Hall–Kier alpha value is -4.05. The van der Waals surface area contributed by atoms with Crippen LogP contribution >= 0.6 is 11.3 Å². The molecule has 10 heteroatoms. The van der Waals surface area contributed by atoms with Crippen molar-refractivity contribution in [2.45, 2.75) is 13.3 Å². The van der Waals surface area contributed by atoms with Gasteiger partial charge in [-0.25, -0.2) is 4.98 Å². The van der Waals surface area contributed by atoms with Gasteiger partial charge in [0, 0.05) is 36.5 Å². The summed E-state index contributed by atoms with van der Waals surface area (Å²) in [6.45, 7) is 2.00. The van der Waals surface area contributed by atoms with E-state index in [0.717, 1.165) is 10.6 Å². The average Bonchev–Trinajstić information content (AvgIpc) is 3.53. The summed E-state index contributed by atoms with van der Waals surface area (Å²) >= 11 is 1.51. The van der Waals surface area contributed by atoms with Crippen molar-refractivity contribution < 1.29 is 9.59 Å². The molecular weight excluding hydrogens is 440 g/mol. The number of hydrogen-bond acceptors (Lipinski definition) is 6. The molecule has 1 atom stereocenters. The lowest BCUT2D eigenvalue weighted by atomic mass is 10.1. The molecule has 1 aromatic carbocycles. The van der Waals surface area contributed by atoms with Gasteiger partial charge in [-0.15, -0.1) is 11.3 Å². The average molecular weight is 461 g/mol. The van der Waals surface area contributed by atoms with Crippen LogP contribution in [-0.2, 0) is 9.59 Å². The van der Waals surface area contributed by atoms with Gasteiger partial charge in [0.1, 0.15) is 11.5 Å². The molecule has 2 amide bonds. The van der Waals surface area contributed by atoms with Crippen LogP contribution < -0.4 is 15.8 Å². The van der Waals surface area contributed by atoms with Crippen molar-refractivity contribution in [2.75, 3.05) is 16.8 Å². The first-order valence-electron chi connectivity index (χ1n) is 10.4. The molecule has 9 nitrogen and oxygen atoms in total. The maximum atomic E-state index is 13.1. The summed E-state index contributed by atoms with van der Waals surface area (Å²) < 4.78 is 1.41. The van der Waals surface area contributed by atoms with Crippen LogP contribution in [0.1, 0.15) is 12.1 Å². The maximum Gasteiger partial charge on any atom is 0.252 e. The number of aryl methyl sites for hydroxylation is 1. The molecule has 1 aliphatic rings. The van der Waals surface area contributed by atoms with E-state index in [0.29, 0.717) is 23.8 Å². The summed E-state index contributed by atoms with van der Waals surface area (Å²) in [6, 6.07) is 16.2. The molecule has 0 bridgehead atoms. The van der Waals surface area contributed by atoms with Gasteiger partial charge >= 0.3 is 0 Å². The highest BCUT2D eigenvalue weighted by molar-refractivity contribution is 7.13. The first-order valence-corrected chi connectivity index (χ1v) is 11.2. The summed E-state index contributed by atoms with van der Waals surface area (Å²) in [7, 11) is 0. The van der Waals surface area contributed by atoms with Crippen molar-refractivity contribution >= 4 is 34.7 Å². The van der Waals surface area contributed by atoms with Crippen LogP contribution in [0, 0.1) is 12.8 Å². The summed E-state index contributed by atoms with van der Waals surface area (Å²) in [5, 5.41) is 9.39. The third kappa shape index (κ3) is 4.20. The van der Waals surface area contributed by atoms with Crippen LogP contribution in [0.15, 0.2) is 64.8 Å². The topological polar surface area (TPSA) is 113 Å². The van der Waals surface area contributed by atoms with Crippen molar-refractivity contribution in [1.29, 1.82) is 0 Å². The molecule has 1 aliphatic heterocycles. The monoisotopic (exact) mass is 460 g/mol. The third-order valence-corrected chi connectivity index (χ3v) is 6.25. The molecule has 1 unspecified atom stereocenters. The van der Waals surface area contributed by atoms with Gasteiger partial charge < -0.3 is 10.2 Å². The number of rotatable bonds is 5. The van der Waals surface area contributed by atoms with Crippen LogP contribution in [0.25, 0.3) is 16.5 Å². The van der Waals surface area contributed by atoms with E-state index in [1.165, 1.54) is 22.1 Å². The van der Waals surface area contributed by atoms with E-state index >= 15 is 0 Å². The molecule has 1 saturated heterocycles.